The van der Waals surface area contributed by atoms with Crippen molar-refractivity contribution in [3.8, 4) is 0 Å². The number of hydrogen-bond donors (Lipinski definition) is 1. The Morgan fingerprint density at radius 3 is 3.04 bits per heavy atom. The van der Waals surface area contributed by atoms with Crippen LogP contribution in [-0.2, 0) is 22.4 Å². The predicted octanol–water partition coefficient (Wildman–Crippen LogP) is 3.11. The van der Waals surface area contributed by atoms with Crippen molar-refractivity contribution in [1.82, 2.24) is 10.3 Å². The van der Waals surface area contributed by atoms with Crippen LogP contribution in [0.4, 0.5) is 0 Å². The highest BCUT2D eigenvalue weighted by Crippen LogP contribution is 2.28. The smallest absolute Gasteiger partial charge is 0.253 e. The molecule has 0 bridgehead atoms. The fraction of sp³-hybridized carbons (Fsp3) is 0.300. The van der Waals surface area contributed by atoms with Crippen molar-refractivity contribution in [2.45, 2.75) is 25.9 Å². The molecule has 0 saturated heterocycles. The van der Waals surface area contributed by atoms with Crippen molar-refractivity contribution >= 4 is 17.0 Å². The number of oxazole rings is 1. The Morgan fingerprint density at radius 1 is 1.28 bits per heavy atom. The van der Waals surface area contributed by atoms with Gasteiger partial charge in [-0.25, -0.2) is 4.98 Å². The molecule has 1 N–H and O–H groups in total. The van der Waals surface area contributed by atoms with Gasteiger partial charge in [0.25, 0.3) is 5.91 Å². The number of benzene rings is 2. The molecule has 2 heterocycles. The molecule has 1 amide bonds. The maximum absolute atomic E-state index is 12.5. The lowest BCUT2D eigenvalue weighted by Crippen LogP contribution is -2.35. The average Bonchev–Trinajstić information content (AvgIpc) is 3.03. The first kappa shape index (κ1) is 15.8. The van der Waals surface area contributed by atoms with Crippen molar-refractivity contribution in [2.24, 2.45) is 0 Å². The Morgan fingerprint density at radius 2 is 2.16 bits per heavy atom. The lowest BCUT2D eigenvalue weighted by molar-refractivity contribution is -0.134. The van der Waals surface area contributed by atoms with Crippen LogP contribution in [0.5, 0.6) is 0 Å². The second-order valence-electron chi connectivity index (χ2n) is 6.32. The van der Waals surface area contributed by atoms with Gasteiger partial charge in [0.15, 0.2) is 17.6 Å². The van der Waals surface area contributed by atoms with Gasteiger partial charge < -0.3 is 14.5 Å². The average molecular weight is 336 g/mol. The first-order valence-corrected chi connectivity index (χ1v) is 8.54. The van der Waals surface area contributed by atoms with Crippen LogP contribution in [0, 0.1) is 6.92 Å². The fourth-order valence-corrected chi connectivity index (χ4v) is 3.19. The predicted molar refractivity (Wildman–Crippen MR) is 94.3 cm³/mol. The fourth-order valence-electron chi connectivity index (χ4n) is 3.19. The van der Waals surface area contributed by atoms with E-state index in [0.717, 1.165) is 28.6 Å². The third-order valence-corrected chi connectivity index (χ3v) is 4.45. The van der Waals surface area contributed by atoms with Gasteiger partial charge in [-0.05, 0) is 36.6 Å². The van der Waals surface area contributed by atoms with E-state index in [4.69, 9.17) is 9.15 Å². The number of aryl methyl sites for hydroxylation is 1. The van der Waals surface area contributed by atoms with E-state index < -0.39 is 6.10 Å². The Bertz CT molecular complexity index is 883. The lowest BCUT2D eigenvalue weighted by Gasteiger charge is -2.25. The number of aromatic nitrogens is 1. The molecule has 0 aliphatic carbocycles. The van der Waals surface area contributed by atoms with Crippen LogP contribution in [0.25, 0.3) is 11.1 Å². The van der Waals surface area contributed by atoms with Crippen molar-refractivity contribution in [2.75, 3.05) is 13.2 Å². The highest BCUT2D eigenvalue weighted by Gasteiger charge is 2.27. The van der Waals surface area contributed by atoms with Crippen molar-refractivity contribution in [1.29, 1.82) is 0 Å². The first-order valence-electron chi connectivity index (χ1n) is 8.54. The second-order valence-corrected chi connectivity index (χ2v) is 6.32. The summed E-state index contributed by atoms with van der Waals surface area (Å²) in [5.74, 6) is 0.518. The van der Waals surface area contributed by atoms with Gasteiger partial charge >= 0.3 is 0 Å². The molecule has 4 rings (SSSR count). The number of carbonyl (C=O) groups excluding carboxylic acids is 1. The first-order chi connectivity index (χ1) is 12.2. The van der Waals surface area contributed by atoms with E-state index >= 15 is 0 Å². The van der Waals surface area contributed by atoms with Gasteiger partial charge in [0, 0.05) is 13.0 Å². The number of nitrogens with zero attached hydrogens (tertiary/aromatic N) is 1. The lowest BCUT2D eigenvalue weighted by atomic mass is 9.95. The summed E-state index contributed by atoms with van der Waals surface area (Å²) >= 11 is 0. The van der Waals surface area contributed by atoms with Gasteiger partial charge in [-0.2, -0.15) is 0 Å². The summed E-state index contributed by atoms with van der Waals surface area (Å²) in [4.78, 5) is 17.0. The zero-order valence-corrected chi connectivity index (χ0v) is 14.1. The summed E-state index contributed by atoms with van der Waals surface area (Å²) < 4.78 is 11.4. The minimum atomic E-state index is -0.535. The minimum absolute atomic E-state index is 0.109. The Labute approximate surface area is 146 Å². The molecule has 0 radical (unpaired) electrons. The molecule has 5 nitrogen and oxygen atoms in total. The molecule has 128 valence electrons. The van der Waals surface area contributed by atoms with Crippen molar-refractivity contribution in [3.63, 3.8) is 0 Å². The van der Waals surface area contributed by atoms with E-state index in [2.05, 4.69) is 22.4 Å². The molecule has 0 spiro atoms. The molecule has 5 heteroatoms. The van der Waals surface area contributed by atoms with Gasteiger partial charge in [0.05, 0.1) is 6.61 Å². The summed E-state index contributed by atoms with van der Waals surface area (Å²) in [5, 5.41) is 2.94. The number of nitrogens with one attached hydrogen (secondary N) is 1. The molecule has 1 unspecified atom stereocenters. The largest absolute Gasteiger partial charge is 0.441 e. The van der Waals surface area contributed by atoms with Gasteiger partial charge in [0.2, 0.25) is 0 Å². The van der Waals surface area contributed by atoms with E-state index in [0.29, 0.717) is 25.5 Å². The number of hydrogen-bond acceptors (Lipinski definition) is 4. The van der Waals surface area contributed by atoms with Gasteiger partial charge in [-0.1, -0.05) is 35.9 Å². The van der Waals surface area contributed by atoms with Crippen LogP contribution in [0.1, 0.15) is 28.7 Å². The summed E-state index contributed by atoms with van der Waals surface area (Å²) in [6, 6.07) is 13.8. The molecule has 1 aromatic heterocycles. The number of fused-ring (bicyclic) bond motifs is 2. The molecule has 1 atom stereocenters. The van der Waals surface area contributed by atoms with E-state index in [1.807, 2.05) is 37.3 Å². The van der Waals surface area contributed by atoms with E-state index in [1.165, 1.54) is 5.56 Å². The molecule has 0 fully saturated rings. The standard InChI is InChI=1S/C20H20N2O3/c1-13-6-7-14-9-11-24-19(15(14)12-13)20(23)21-10-8-18-22-16-4-2-3-5-17(16)25-18/h2-7,12,19H,8-11H2,1H3,(H,21,23). The number of carbonyl (C=O) groups is 1. The Balaban J connectivity index is 1.40. The van der Waals surface area contributed by atoms with Gasteiger partial charge in [0.1, 0.15) is 5.52 Å². The third kappa shape index (κ3) is 3.28. The summed E-state index contributed by atoms with van der Waals surface area (Å²) in [6.45, 7) is 3.06. The molecule has 25 heavy (non-hydrogen) atoms. The van der Waals surface area contributed by atoms with Crippen LogP contribution in [0.15, 0.2) is 46.9 Å². The molecular weight excluding hydrogens is 316 g/mol. The molecule has 1 aliphatic heterocycles. The van der Waals surface area contributed by atoms with Crippen LogP contribution in [0.3, 0.4) is 0 Å². The molecule has 0 saturated carbocycles. The summed E-state index contributed by atoms with van der Waals surface area (Å²) in [6.07, 6.45) is 0.864. The quantitative estimate of drug-likeness (QED) is 0.795. The highest BCUT2D eigenvalue weighted by atomic mass is 16.5. The van der Waals surface area contributed by atoms with E-state index in [1.54, 1.807) is 0 Å². The number of amides is 1. The van der Waals surface area contributed by atoms with E-state index in [9.17, 15) is 4.79 Å². The van der Waals surface area contributed by atoms with Gasteiger partial charge in [-0.3, -0.25) is 4.79 Å². The van der Waals surface area contributed by atoms with Crippen molar-refractivity contribution < 1.29 is 13.9 Å². The van der Waals surface area contributed by atoms with Crippen LogP contribution < -0.4 is 5.32 Å². The Hall–Kier alpha value is -2.66. The minimum Gasteiger partial charge on any atom is -0.441 e. The summed E-state index contributed by atoms with van der Waals surface area (Å²) in [7, 11) is 0. The molecule has 3 aromatic rings. The number of rotatable bonds is 4. The third-order valence-electron chi connectivity index (χ3n) is 4.45. The molecular formula is C20H20N2O3. The van der Waals surface area contributed by atoms with Crippen molar-refractivity contribution in [3.05, 3.63) is 65.0 Å². The zero-order valence-electron chi connectivity index (χ0n) is 14.1. The van der Waals surface area contributed by atoms with E-state index in [-0.39, 0.29) is 5.91 Å². The summed E-state index contributed by atoms with van der Waals surface area (Å²) in [5.41, 5.74) is 4.91. The van der Waals surface area contributed by atoms with Gasteiger partial charge in [-0.15, -0.1) is 0 Å². The van der Waals surface area contributed by atoms with Crippen LogP contribution in [-0.4, -0.2) is 24.0 Å². The topological polar surface area (TPSA) is 64.4 Å². The molecule has 2 aromatic carbocycles. The number of para-hydroxylation sites is 2. The zero-order chi connectivity index (χ0) is 17.2. The highest BCUT2D eigenvalue weighted by molar-refractivity contribution is 5.83. The number of ether oxygens (including phenoxy) is 1. The normalized spacial score (nSPS) is 16.6. The SMILES string of the molecule is Cc1ccc2c(c1)C(C(=O)NCCc1nc3ccccc3o1)OCC2. The molecule has 1 aliphatic rings. The maximum Gasteiger partial charge on any atom is 0.253 e. The van der Waals surface area contributed by atoms with Crippen LogP contribution >= 0.6 is 0 Å². The monoisotopic (exact) mass is 336 g/mol. The van der Waals surface area contributed by atoms with Crippen LogP contribution in [0.2, 0.25) is 0 Å². The maximum atomic E-state index is 12.5. The Kier molecular flexibility index (Phi) is 4.24. The second kappa shape index (κ2) is 6.69.